The van der Waals surface area contributed by atoms with Crippen LogP contribution in [0.2, 0.25) is 0 Å². The Morgan fingerprint density at radius 3 is 2.87 bits per heavy atom. The third-order valence-corrected chi connectivity index (χ3v) is 1.89. The van der Waals surface area contributed by atoms with Crippen molar-refractivity contribution in [3.8, 4) is 0 Å². The number of methoxy groups -OCH3 is 1. The van der Waals surface area contributed by atoms with E-state index in [4.69, 9.17) is 0 Å². The molecule has 0 radical (unpaired) electrons. The van der Waals surface area contributed by atoms with Gasteiger partial charge in [-0.25, -0.2) is 9.78 Å². The lowest BCUT2D eigenvalue weighted by Crippen LogP contribution is -2.42. The van der Waals surface area contributed by atoms with Crippen LogP contribution < -0.4 is 10.3 Å². The predicted octanol–water partition coefficient (Wildman–Crippen LogP) is -0.951. The molecule has 0 bridgehead atoms. The maximum atomic E-state index is 11.3. The van der Waals surface area contributed by atoms with Crippen LogP contribution in [0.5, 0.6) is 0 Å². The number of esters is 1. The van der Waals surface area contributed by atoms with Crippen LogP contribution in [0, 0.1) is 0 Å². The first-order valence-corrected chi connectivity index (χ1v) is 4.51. The topological polar surface area (TPSA) is 85.3 Å². The molecular formula is C9H14N3O3+. The molecule has 0 aliphatic carbocycles. The minimum atomic E-state index is -0.653. The number of aromatic nitrogens is 2. The number of carbonyl (C=O) groups excluding carboxylic acids is 2. The van der Waals surface area contributed by atoms with Crippen molar-refractivity contribution < 1.29 is 19.3 Å². The van der Waals surface area contributed by atoms with E-state index in [1.54, 1.807) is 12.5 Å². The summed E-state index contributed by atoms with van der Waals surface area (Å²) in [4.78, 5) is 27.9. The number of nitrogens with one attached hydrogen (secondary N) is 3. The molecule has 0 saturated heterocycles. The molecule has 0 aliphatic heterocycles. The van der Waals surface area contributed by atoms with Crippen LogP contribution in [0.1, 0.15) is 12.6 Å². The monoisotopic (exact) mass is 212 g/mol. The Kier molecular flexibility index (Phi) is 3.84. The van der Waals surface area contributed by atoms with Crippen molar-refractivity contribution >= 4 is 11.9 Å². The highest BCUT2D eigenvalue weighted by molar-refractivity contribution is 5.83. The van der Waals surface area contributed by atoms with E-state index >= 15 is 0 Å². The smallest absolute Gasteiger partial charge is 0.328 e. The van der Waals surface area contributed by atoms with Crippen LogP contribution in [-0.4, -0.2) is 30.0 Å². The zero-order valence-electron chi connectivity index (χ0n) is 8.66. The zero-order valence-corrected chi connectivity index (χ0v) is 8.66. The lowest BCUT2D eigenvalue weighted by molar-refractivity contribution is -0.376. The number of carbonyl (C=O) groups is 2. The summed E-state index contributed by atoms with van der Waals surface area (Å²) in [5.74, 6) is -0.722. The van der Waals surface area contributed by atoms with E-state index in [0.29, 0.717) is 6.42 Å². The van der Waals surface area contributed by atoms with Crippen molar-refractivity contribution in [3.63, 3.8) is 0 Å². The maximum absolute atomic E-state index is 11.3. The highest BCUT2D eigenvalue weighted by atomic mass is 16.5. The predicted molar refractivity (Wildman–Crippen MR) is 50.7 cm³/mol. The Hall–Kier alpha value is -1.85. The minimum Gasteiger partial charge on any atom is -0.467 e. The first kappa shape index (κ1) is 11.2. The summed E-state index contributed by atoms with van der Waals surface area (Å²) < 4.78 is 4.58. The number of ether oxygens (including phenoxy) is 1. The van der Waals surface area contributed by atoms with E-state index in [1.807, 2.05) is 0 Å². The Morgan fingerprint density at radius 2 is 2.40 bits per heavy atom. The third kappa shape index (κ3) is 3.41. The van der Waals surface area contributed by atoms with Crippen molar-refractivity contribution in [2.75, 3.05) is 7.11 Å². The van der Waals surface area contributed by atoms with E-state index in [0.717, 1.165) is 5.69 Å². The number of aromatic amines is 2. The SMILES string of the molecule is COC(=O)[C@@H](Cc1c[nH+]c[nH]1)NC(C)=O. The molecule has 1 aromatic rings. The largest absolute Gasteiger partial charge is 0.467 e. The normalized spacial score (nSPS) is 11.9. The first-order valence-electron chi connectivity index (χ1n) is 4.51. The Morgan fingerprint density at radius 1 is 1.67 bits per heavy atom. The van der Waals surface area contributed by atoms with Gasteiger partial charge in [-0.2, -0.15) is 0 Å². The van der Waals surface area contributed by atoms with Crippen LogP contribution in [-0.2, 0) is 20.7 Å². The average molecular weight is 212 g/mol. The van der Waals surface area contributed by atoms with Gasteiger partial charge in [0.1, 0.15) is 17.9 Å². The molecule has 82 valence electrons. The molecule has 15 heavy (non-hydrogen) atoms. The fourth-order valence-corrected chi connectivity index (χ4v) is 1.24. The van der Waals surface area contributed by atoms with E-state index in [9.17, 15) is 9.59 Å². The molecule has 0 spiro atoms. The van der Waals surface area contributed by atoms with Gasteiger partial charge in [0.05, 0.1) is 7.11 Å². The molecule has 0 aliphatic rings. The fraction of sp³-hybridized carbons (Fsp3) is 0.444. The van der Waals surface area contributed by atoms with Gasteiger partial charge in [-0.1, -0.05) is 0 Å². The molecule has 1 atom stereocenters. The highest BCUT2D eigenvalue weighted by Gasteiger charge is 2.22. The molecular weight excluding hydrogens is 198 g/mol. The first-order chi connectivity index (χ1) is 7.13. The molecule has 1 amide bonds. The zero-order chi connectivity index (χ0) is 11.3. The van der Waals surface area contributed by atoms with Crippen molar-refractivity contribution in [3.05, 3.63) is 18.2 Å². The van der Waals surface area contributed by atoms with Gasteiger partial charge in [-0.3, -0.25) is 9.78 Å². The molecule has 1 rings (SSSR count). The van der Waals surface area contributed by atoms with Crippen LogP contribution in [0.4, 0.5) is 0 Å². The highest BCUT2D eigenvalue weighted by Crippen LogP contribution is 1.98. The molecule has 6 heteroatoms. The van der Waals surface area contributed by atoms with E-state index in [-0.39, 0.29) is 5.91 Å². The number of hydrogen-bond donors (Lipinski definition) is 2. The summed E-state index contributed by atoms with van der Waals surface area (Å²) in [5, 5.41) is 2.52. The number of H-pyrrole nitrogens is 2. The maximum Gasteiger partial charge on any atom is 0.328 e. The van der Waals surface area contributed by atoms with Crippen molar-refractivity contribution in [2.45, 2.75) is 19.4 Å². The Labute approximate surface area is 87.0 Å². The van der Waals surface area contributed by atoms with Crippen LogP contribution in [0.25, 0.3) is 0 Å². The molecule has 0 unspecified atom stereocenters. The van der Waals surface area contributed by atoms with Crippen LogP contribution >= 0.6 is 0 Å². The molecule has 1 aromatic heterocycles. The molecule has 3 N–H and O–H groups in total. The number of hydrogen-bond acceptors (Lipinski definition) is 3. The molecule has 0 aromatic carbocycles. The summed E-state index contributed by atoms with van der Waals surface area (Å²) in [7, 11) is 1.29. The van der Waals surface area contributed by atoms with Crippen molar-refractivity contribution in [1.82, 2.24) is 10.3 Å². The second kappa shape index (κ2) is 5.14. The van der Waals surface area contributed by atoms with Gasteiger partial charge in [0, 0.05) is 13.3 Å². The van der Waals surface area contributed by atoms with Gasteiger partial charge in [-0.15, -0.1) is 0 Å². The van der Waals surface area contributed by atoms with E-state index < -0.39 is 12.0 Å². The standard InChI is InChI=1S/C9H13N3O3/c1-6(13)12-8(9(14)15-2)3-7-4-10-5-11-7/h4-5,8H,3H2,1-2H3,(H,10,11)(H,12,13)/p+1/t8-/m1/s1. The number of rotatable bonds is 4. The minimum absolute atomic E-state index is 0.263. The van der Waals surface area contributed by atoms with Gasteiger partial charge in [0.25, 0.3) is 0 Å². The van der Waals surface area contributed by atoms with E-state index in [2.05, 4.69) is 20.0 Å². The van der Waals surface area contributed by atoms with Gasteiger partial charge >= 0.3 is 5.97 Å². The summed E-state index contributed by atoms with van der Waals surface area (Å²) in [6.45, 7) is 1.36. The van der Waals surface area contributed by atoms with Crippen LogP contribution in [0.15, 0.2) is 12.5 Å². The van der Waals surface area contributed by atoms with Gasteiger partial charge in [0.2, 0.25) is 12.2 Å². The van der Waals surface area contributed by atoms with Gasteiger partial charge in [-0.05, 0) is 0 Å². The lowest BCUT2D eigenvalue weighted by Gasteiger charge is -2.12. The Balaban J connectivity index is 2.64. The lowest BCUT2D eigenvalue weighted by atomic mass is 10.1. The van der Waals surface area contributed by atoms with Gasteiger partial charge in [0.15, 0.2) is 0 Å². The summed E-state index contributed by atoms with van der Waals surface area (Å²) in [6, 6.07) is -0.653. The molecule has 6 nitrogen and oxygen atoms in total. The quantitative estimate of drug-likeness (QED) is 0.631. The number of imidazole rings is 1. The Bertz CT molecular complexity index is 334. The summed E-state index contributed by atoms with van der Waals surface area (Å²) >= 11 is 0. The van der Waals surface area contributed by atoms with E-state index in [1.165, 1.54) is 14.0 Å². The van der Waals surface area contributed by atoms with Crippen LogP contribution in [0.3, 0.4) is 0 Å². The number of amides is 1. The summed E-state index contributed by atoms with van der Waals surface area (Å²) in [6.07, 6.45) is 3.73. The molecule has 0 saturated carbocycles. The van der Waals surface area contributed by atoms with Crippen molar-refractivity contribution in [1.29, 1.82) is 0 Å². The average Bonchev–Trinajstić information content (AvgIpc) is 2.67. The van der Waals surface area contributed by atoms with Gasteiger partial charge < -0.3 is 10.1 Å². The summed E-state index contributed by atoms with van der Waals surface area (Å²) in [5.41, 5.74) is 0.819. The second-order valence-corrected chi connectivity index (χ2v) is 3.11. The molecule has 1 heterocycles. The van der Waals surface area contributed by atoms with Crippen molar-refractivity contribution in [2.24, 2.45) is 0 Å². The second-order valence-electron chi connectivity index (χ2n) is 3.11. The third-order valence-electron chi connectivity index (χ3n) is 1.89. The fourth-order valence-electron chi connectivity index (χ4n) is 1.24. The molecule has 0 fully saturated rings.